The summed E-state index contributed by atoms with van der Waals surface area (Å²) in [7, 11) is 0. The lowest BCUT2D eigenvalue weighted by Crippen LogP contribution is -2.13. The van der Waals surface area contributed by atoms with Gasteiger partial charge in [0.2, 0.25) is 5.78 Å². The Bertz CT molecular complexity index is 632. The van der Waals surface area contributed by atoms with Crippen LogP contribution in [0, 0.1) is 13.8 Å². The van der Waals surface area contributed by atoms with Crippen molar-refractivity contribution in [3.05, 3.63) is 59.2 Å². The van der Waals surface area contributed by atoms with Crippen LogP contribution in [0.1, 0.15) is 28.4 Å². The number of carbonyl (C=O) groups is 1. The minimum absolute atomic E-state index is 0.00793. The van der Waals surface area contributed by atoms with Gasteiger partial charge >= 0.3 is 0 Å². The third kappa shape index (κ3) is 3.85. The first-order chi connectivity index (χ1) is 10.1. The predicted molar refractivity (Wildman–Crippen MR) is 83.4 cm³/mol. The molecule has 3 nitrogen and oxygen atoms in total. The van der Waals surface area contributed by atoms with Crippen LogP contribution in [-0.4, -0.2) is 19.0 Å². The van der Waals surface area contributed by atoms with Crippen LogP contribution in [0.5, 0.6) is 11.5 Å². The normalized spacial score (nSPS) is 10.2. The van der Waals surface area contributed by atoms with Crippen LogP contribution in [0.2, 0.25) is 0 Å². The van der Waals surface area contributed by atoms with Gasteiger partial charge in [-0.1, -0.05) is 29.8 Å². The summed E-state index contributed by atoms with van der Waals surface area (Å²) < 4.78 is 11.1. The Kier molecular flexibility index (Phi) is 4.99. The molecule has 110 valence electrons. The second-order valence-electron chi connectivity index (χ2n) is 4.91. The lowest BCUT2D eigenvalue weighted by Gasteiger charge is -2.11. The second-order valence-corrected chi connectivity index (χ2v) is 4.91. The maximum atomic E-state index is 12.3. The first-order valence-corrected chi connectivity index (χ1v) is 7.07. The lowest BCUT2D eigenvalue weighted by atomic mass is 10.1. The lowest BCUT2D eigenvalue weighted by molar-refractivity contribution is 0.0917. The molecule has 0 unspecified atom stereocenters. The van der Waals surface area contributed by atoms with Gasteiger partial charge in [-0.2, -0.15) is 0 Å². The Morgan fingerprint density at radius 1 is 1.00 bits per heavy atom. The number of ketones is 1. The van der Waals surface area contributed by atoms with Crippen molar-refractivity contribution in [2.24, 2.45) is 0 Å². The van der Waals surface area contributed by atoms with E-state index in [4.69, 9.17) is 9.47 Å². The van der Waals surface area contributed by atoms with Crippen LogP contribution >= 0.6 is 0 Å². The molecular formula is C18H20O3. The molecule has 0 radical (unpaired) electrons. The fraction of sp³-hybridized carbons (Fsp3) is 0.278. The van der Waals surface area contributed by atoms with Gasteiger partial charge in [0.05, 0.1) is 12.2 Å². The Balaban J connectivity index is 2.08. The number of carbonyl (C=O) groups excluding carboxylic acids is 1. The number of aryl methyl sites for hydroxylation is 2. The molecule has 0 bridgehead atoms. The van der Waals surface area contributed by atoms with Crippen molar-refractivity contribution in [1.82, 2.24) is 0 Å². The van der Waals surface area contributed by atoms with Gasteiger partial charge in [0.1, 0.15) is 11.5 Å². The number of hydrogen-bond donors (Lipinski definition) is 0. The van der Waals surface area contributed by atoms with Crippen molar-refractivity contribution >= 4 is 5.78 Å². The molecule has 0 spiro atoms. The van der Waals surface area contributed by atoms with Crippen LogP contribution in [0.15, 0.2) is 42.5 Å². The Labute approximate surface area is 125 Å². The van der Waals surface area contributed by atoms with E-state index in [-0.39, 0.29) is 12.4 Å². The highest BCUT2D eigenvalue weighted by Gasteiger charge is 2.13. The van der Waals surface area contributed by atoms with Crippen molar-refractivity contribution in [3.63, 3.8) is 0 Å². The van der Waals surface area contributed by atoms with E-state index < -0.39 is 0 Å². The number of rotatable bonds is 6. The molecule has 0 amide bonds. The molecular weight excluding hydrogens is 264 g/mol. The molecule has 0 aliphatic carbocycles. The molecule has 2 aromatic rings. The van der Waals surface area contributed by atoms with Gasteiger partial charge in [0.15, 0.2) is 6.61 Å². The molecule has 2 aromatic carbocycles. The topological polar surface area (TPSA) is 35.5 Å². The van der Waals surface area contributed by atoms with Gasteiger partial charge in [-0.3, -0.25) is 4.79 Å². The van der Waals surface area contributed by atoms with Crippen LogP contribution in [0.3, 0.4) is 0 Å². The zero-order valence-electron chi connectivity index (χ0n) is 12.7. The zero-order chi connectivity index (χ0) is 15.2. The highest BCUT2D eigenvalue weighted by molar-refractivity contribution is 5.99. The minimum atomic E-state index is -0.0842. The van der Waals surface area contributed by atoms with Gasteiger partial charge in [-0.05, 0) is 44.5 Å². The summed E-state index contributed by atoms with van der Waals surface area (Å²) in [6.45, 7) is 6.44. The standard InChI is InChI=1S/C18H20O3/c1-4-20-18-8-6-5-7-15(18)16(19)12-21-17-10-9-13(2)11-14(17)3/h5-11H,4,12H2,1-3H3. The summed E-state index contributed by atoms with van der Waals surface area (Å²) in [6.07, 6.45) is 0. The number of ether oxygens (including phenoxy) is 2. The summed E-state index contributed by atoms with van der Waals surface area (Å²) in [5, 5.41) is 0. The zero-order valence-corrected chi connectivity index (χ0v) is 12.7. The number of para-hydroxylation sites is 1. The van der Waals surface area contributed by atoms with Crippen LogP contribution in [0.4, 0.5) is 0 Å². The number of hydrogen-bond acceptors (Lipinski definition) is 3. The van der Waals surface area contributed by atoms with Gasteiger partial charge in [0, 0.05) is 0 Å². The SMILES string of the molecule is CCOc1ccccc1C(=O)COc1ccc(C)cc1C. The molecule has 0 aromatic heterocycles. The van der Waals surface area contributed by atoms with E-state index >= 15 is 0 Å². The highest BCUT2D eigenvalue weighted by atomic mass is 16.5. The second kappa shape index (κ2) is 6.93. The van der Waals surface area contributed by atoms with E-state index in [1.54, 1.807) is 12.1 Å². The van der Waals surface area contributed by atoms with Gasteiger partial charge < -0.3 is 9.47 Å². The predicted octanol–water partition coefficient (Wildman–Crippen LogP) is 3.96. The molecule has 2 rings (SSSR count). The number of Topliss-reactive ketones (excluding diaryl/α,β-unsaturated/α-hetero) is 1. The van der Waals surface area contributed by atoms with E-state index in [1.165, 1.54) is 5.56 Å². The Morgan fingerprint density at radius 3 is 2.48 bits per heavy atom. The quantitative estimate of drug-likeness (QED) is 0.753. The summed E-state index contributed by atoms with van der Waals surface area (Å²) in [4.78, 5) is 12.3. The summed E-state index contributed by atoms with van der Waals surface area (Å²) in [5.41, 5.74) is 2.76. The summed E-state index contributed by atoms with van der Waals surface area (Å²) >= 11 is 0. The molecule has 0 saturated heterocycles. The number of benzene rings is 2. The average molecular weight is 284 g/mol. The van der Waals surface area contributed by atoms with Gasteiger partial charge in [-0.25, -0.2) is 0 Å². The fourth-order valence-electron chi connectivity index (χ4n) is 2.16. The molecule has 21 heavy (non-hydrogen) atoms. The summed E-state index contributed by atoms with van der Waals surface area (Å²) in [5.74, 6) is 1.26. The maximum absolute atomic E-state index is 12.3. The van der Waals surface area contributed by atoms with Crippen molar-refractivity contribution < 1.29 is 14.3 Å². The van der Waals surface area contributed by atoms with E-state index in [1.807, 2.05) is 51.1 Å². The molecule has 0 aliphatic rings. The van der Waals surface area contributed by atoms with Crippen LogP contribution < -0.4 is 9.47 Å². The van der Waals surface area contributed by atoms with E-state index in [9.17, 15) is 4.79 Å². The third-order valence-corrected chi connectivity index (χ3v) is 3.18. The largest absolute Gasteiger partial charge is 0.493 e. The van der Waals surface area contributed by atoms with Crippen LogP contribution in [-0.2, 0) is 0 Å². The smallest absolute Gasteiger partial charge is 0.203 e. The highest BCUT2D eigenvalue weighted by Crippen LogP contribution is 2.21. The van der Waals surface area contributed by atoms with Gasteiger partial charge in [-0.15, -0.1) is 0 Å². The third-order valence-electron chi connectivity index (χ3n) is 3.18. The molecule has 0 atom stereocenters. The van der Waals surface area contributed by atoms with Crippen LogP contribution in [0.25, 0.3) is 0 Å². The average Bonchev–Trinajstić information content (AvgIpc) is 2.47. The Morgan fingerprint density at radius 2 is 1.76 bits per heavy atom. The minimum Gasteiger partial charge on any atom is -0.493 e. The molecule has 0 N–H and O–H groups in total. The molecule has 0 aliphatic heterocycles. The summed E-state index contributed by atoms with van der Waals surface area (Å²) in [6, 6.07) is 13.1. The molecule has 3 heteroatoms. The van der Waals surface area contributed by atoms with E-state index in [0.717, 1.165) is 11.3 Å². The van der Waals surface area contributed by atoms with Crippen molar-refractivity contribution in [1.29, 1.82) is 0 Å². The van der Waals surface area contributed by atoms with Gasteiger partial charge in [0.25, 0.3) is 0 Å². The maximum Gasteiger partial charge on any atom is 0.203 e. The molecule has 0 saturated carbocycles. The van der Waals surface area contributed by atoms with Crippen molar-refractivity contribution in [2.75, 3.05) is 13.2 Å². The monoisotopic (exact) mass is 284 g/mol. The molecule has 0 fully saturated rings. The van der Waals surface area contributed by atoms with Crippen molar-refractivity contribution in [3.8, 4) is 11.5 Å². The molecule has 0 heterocycles. The fourth-order valence-corrected chi connectivity index (χ4v) is 2.16. The van der Waals surface area contributed by atoms with E-state index in [0.29, 0.717) is 17.9 Å². The van der Waals surface area contributed by atoms with Crippen molar-refractivity contribution in [2.45, 2.75) is 20.8 Å². The Hall–Kier alpha value is -2.29. The first kappa shape index (κ1) is 15.1. The first-order valence-electron chi connectivity index (χ1n) is 7.07. The van der Waals surface area contributed by atoms with E-state index in [2.05, 4.69) is 0 Å².